The molecule has 0 fully saturated rings. The third-order valence-corrected chi connectivity index (χ3v) is 5.07. The maximum absolute atomic E-state index is 13.3. The summed E-state index contributed by atoms with van der Waals surface area (Å²) in [6.45, 7) is 2.88. The zero-order valence-corrected chi connectivity index (χ0v) is 15.3. The van der Waals surface area contributed by atoms with E-state index in [9.17, 15) is 22.4 Å². The molecule has 25 heavy (non-hydrogen) atoms. The molecule has 0 aromatic heterocycles. The van der Waals surface area contributed by atoms with E-state index in [1.807, 2.05) is 6.92 Å². The first kappa shape index (κ1) is 21.0. The van der Waals surface area contributed by atoms with Crippen LogP contribution in [0.1, 0.15) is 31.7 Å². The smallest absolute Gasteiger partial charge is 0.328 e. The average Bonchev–Trinajstić information content (AvgIpc) is 2.58. The number of halogens is 1. The second-order valence-corrected chi connectivity index (χ2v) is 7.26. The topological polar surface area (TPSA) is 102 Å². The van der Waals surface area contributed by atoms with E-state index in [0.717, 1.165) is 18.6 Å². The Kier molecular flexibility index (Phi) is 7.98. The van der Waals surface area contributed by atoms with Crippen LogP contribution in [0.25, 0.3) is 0 Å². The lowest BCUT2D eigenvalue weighted by molar-refractivity contribution is -0.145. The maximum Gasteiger partial charge on any atom is 0.328 e. The number of hydrogen-bond donors (Lipinski definition) is 2. The highest BCUT2D eigenvalue weighted by molar-refractivity contribution is 7.89. The largest absolute Gasteiger partial charge is 0.467 e. The third kappa shape index (κ3) is 6.43. The molecule has 1 amide bonds. The molecule has 1 unspecified atom stereocenters. The Bertz CT molecular complexity index is 721. The van der Waals surface area contributed by atoms with Crippen molar-refractivity contribution in [2.75, 3.05) is 13.7 Å². The number of benzene rings is 1. The van der Waals surface area contributed by atoms with E-state index in [1.165, 1.54) is 20.1 Å². The van der Waals surface area contributed by atoms with E-state index in [4.69, 9.17) is 0 Å². The van der Waals surface area contributed by atoms with Crippen LogP contribution in [-0.4, -0.2) is 40.0 Å². The summed E-state index contributed by atoms with van der Waals surface area (Å²) in [5, 5.41) is 2.44. The van der Waals surface area contributed by atoms with Crippen LogP contribution in [0, 0.1) is 12.7 Å². The Morgan fingerprint density at radius 3 is 2.60 bits per heavy atom. The molecule has 140 valence electrons. The number of amides is 1. The van der Waals surface area contributed by atoms with Crippen LogP contribution in [0.5, 0.6) is 0 Å². The van der Waals surface area contributed by atoms with Crippen molar-refractivity contribution in [3.05, 3.63) is 29.6 Å². The Hall–Kier alpha value is -2.00. The minimum absolute atomic E-state index is 0.240. The second-order valence-electron chi connectivity index (χ2n) is 5.52. The zero-order chi connectivity index (χ0) is 19.0. The predicted molar refractivity (Wildman–Crippen MR) is 89.8 cm³/mol. The van der Waals surface area contributed by atoms with Gasteiger partial charge in [0.15, 0.2) is 0 Å². The molecule has 0 aliphatic rings. The van der Waals surface area contributed by atoms with Crippen molar-refractivity contribution in [1.29, 1.82) is 0 Å². The fraction of sp³-hybridized carbons (Fsp3) is 0.500. The van der Waals surface area contributed by atoms with Gasteiger partial charge in [0.25, 0.3) is 0 Å². The Balaban J connectivity index is 2.73. The summed E-state index contributed by atoms with van der Waals surface area (Å²) in [5.41, 5.74) is 0.352. The molecule has 1 rings (SSSR count). The standard InChI is InChI=1S/C16H23FN2O5S/c1-4-5-6-13(16(21)24-3)19-15(20)10-18-25(22,23)14-9-12(17)8-7-11(14)2/h7-9,13,18H,4-6,10H2,1-3H3,(H,19,20). The summed E-state index contributed by atoms with van der Waals surface area (Å²) in [5.74, 6) is -1.96. The highest BCUT2D eigenvalue weighted by Crippen LogP contribution is 2.15. The van der Waals surface area contributed by atoms with Crippen LogP contribution in [-0.2, 0) is 24.3 Å². The Labute approximate surface area is 147 Å². The molecule has 0 heterocycles. The molecule has 0 bridgehead atoms. The highest BCUT2D eigenvalue weighted by atomic mass is 32.2. The molecule has 0 radical (unpaired) electrons. The van der Waals surface area contributed by atoms with Gasteiger partial charge in [-0.05, 0) is 31.0 Å². The van der Waals surface area contributed by atoms with Crippen LogP contribution < -0.4 is 10.0 Å². The molecule has 2 N–H and O–H groups in total. The van der Waals surface area contributed by atoms with Gasteiger partial charge in [-0.15, -0.1) is 0 Å². The van der Waals surface area contributed by atoms with Crippen LogP contribution >= 0.6 is 0 Å². The van der Waals surface area contributed by atoms with Crippen LogP contribution in [0.2, 0.25) is 0 Å². The SMILES string of the molecule is CCCCC(NC(=O)CNS(=O)(=O)c1cc(F)ccc1C)C(=O)OC. The van der Waals surface area contributed by atoms with E-state index in [-0.39, 0.29) is 4.90 Å². The molecule has 9 heteroatoms. The number of ether oxygens (including phenoxy) is 1. The number of esters is 1. The first-order valence-corrected chi connectivity index (χ1v) is 9.32. The first-order valence-electron chi connectivity index (χ1n) is 7.84. The van der Waals surface area contributed by atoms with E-state index in [2.05, 4.69) is 14.8 Å². The second kappa shape index (κ2) is 9.47. The number of methoxy groups -OCH3 is 1. The van der Waals surface area contributed by atoms with Crippen molar-refractivity contribution >= 4 is 21.9 Å². The van der Waals surface area contributed by atoms with Gasteiger partial charge in [0, 0.05) is 0 Å². The van der Waals surface area contributed by atoms with E-state index < -0.39 is 40.3 Å². The third-order valence-electron chi connectivity index (χ3n) is 3.53. The van der Waals surface area contributed by atoms with E-state index >= 15 is 0 Å². The summed E-state index contributed by atoms with van der Waals surface area (Å²) >= 11 is 0. The molecule has 7 nitrogen and oxygen atoms in total. The molecule has 0 aliphatic heterocycles. The van der Waals surface area contributed by atoms with Crippen molar-refractivity contribution in [3.8, 4) is 0 Å². The normalized spacial score (nSPS) is 12.5. The monoisotopic (exact) mass is 374 g/mol. The predicted octanol–water partition coefficient (Wildman–Crippen LogP) is 1.26. The Morgan fingerprint density at radius 2 is 2.00 bits per heavy atom. The van der Waals surface area contributed by atoms with Gasteiger partial charge in [0.2, 0.25) is 15.9 Å². The summed E-state index contributed by atoms with van der Waals surface area (Å²) in [6.07, 6.45) is 1.92. The molecule has 1 atom stereocenters. The maximum atomic E-state index is 13.3. The fourth-order valence-electron chi connectivity index (χ4n) is 2.15. The van der Waals surface area contributed by atoms with E-state index in [0.29, 0.717) is 18.4 Å². The van der Waals surface area contributed by atoms with Crippen molar-refractivity contribution in [2.45, 2.75) is 44.0 Å². The molecular formula is C16H23FN2O5S. The Morgan fingerprint density at radius 1 is 1.32 bits per heavy atom. The lowest BCUT2D eigenvalue weighted by Crippen LogP contribution is -2.46. The van der Waals surface area contributed by atoms with Crippen molar-refractivity contribution in [3.63, 3.8) is 0 Å². The molecule has 1 aromatic carbocycles. The average molecular weight is 374 g/mol. The number of sulfonamides is 1. The van der Waals surface area contributed by atoms with Gasteiger partial charge in [-0.25, -0.2) is 22.3 Å². The first-order chi connectivity index (χ1) is 11.7. The number of aryl methyl sites for hydroxylation is 1. The summed E-state index contributed by atoms with van der Waals surface area (Å²) < 4.78 is 44.4. The number of nitrogens with one attached hydrogen (secondary N) is 2. The van der Waals surface area contributed by atoms with Gasteiger partial charge in [-0.1, -0.05) is 25.8 Å². The molecular weight excluding hydrogens is 351 g/mol. The highest BCUT2D eigenvalue weighted by Gasteiger charge is 2.23. The summed E-state index contributed by atoms with van der Waals surface area (Å²) in [4.78, 5) is 23.3. The number of carbonyl (C=O) groups excluding carboxylic acids is 2. The van der Waals surface area contributed by atoms with Gasteiger partial charge in [0.1, 0.15) is 11.9 Å². The number of rotatable bonds is 9. The minimum atomic E-state index is -4.05. The number of unbranched alkanes of at least 4 members (excludes halogenated alkanes) is 1. The lowest BCUT2D eigenvalue weighted by atomic mass is 10.1. The van der Waals surface area contributed by atoms with Gasteiger partial charge in [-0.2, -0.15) is 0 Å². The van der Waals surface area contributed by atoms with Crippen LogP contribution in [0.15, 0.2) is 23.1 Å². The number of carbonyl (C=O) groups is 2. The summed E-state index contributed by atoms with van der Waals surface area (Å²) in [7, 11) is -2.84. The quantitative estimate of drug-likeness (QED) is 0.634. The van der Waals surface area contributed by atoms with E-state index in [1.54, 1.807) is 0 Å². The van der Waals surface area contributed by atoms with Gasteiger partial charge in [-0.3, -0.25) is 4.79 Å². The van der Waals surface area contributed by atoms with Crippen molar-refractivity contribution < 1.29 is 27.1 Å². The lowest BCUT2D eigenvalue weighted by Gasteiger charge is -2.16. The molecule has 0 aliphatic carbocycles. The molecule has 0 saturated carbocycles. The zero-order valence-electron chi connectivity index (χ0n) is 14.5. The fourth-order valence-corrected chi connectivity index (χ4v) is 3.38. The number of hydrogen-bond acceptors (Lipinski definition) is 5. The van der Waals surface area contributed by atoms with Crippen molar-refractivity contribution in [2.24, 2.45) is 0 Å². The van der Waals surface area contributed by atoms with Crippen LogP contribution in [0.3, 0.4) is 0 Å². The van der Waals surface area contributed by atoms with Gasteiger partial charge < -0.3 is 10.1 Å². The molecule has 1 aromatic rings. The summed E-state index contributed by atoms with van der Waals surface area (Å²) in [6, 6.07) is 2.53. The van der Waals surface area contributed by atoms with Crippen LogP contribution in [0.4, 0.5) is 4.39 Å². The van der Waals surface area contributed by atoms with Gasteiger partial charge in [0.05, 0.1) is 18.6 Å². The van der Waals surface area contributed by atoms with Crippen molar-refractivity contribution in [1.82, 2.24) is 10.0 Å². The minimum Gasteiger partial charge on any atom is -0.467 e. The molecule has 0 spiro atoms. The van der Waals surface area contributed by atoms with Gasteiger partial charge >= 0.3 is 5.97 Å². The molecule has 0 saturated heterocycles.